The Balaban J connectivity index is 1.70. The summed E-state index contributed by atoms with van der Waals surface area (Å²) in [5, 5.41) is 0. The molecule has 1 aromatic heterocycles. The van der Waals surface area contributed by atoms with Crippen LogP contribution >= 0.6 is 0 Å². The third-order valence-corrected chi connectivity index (χ3v) is 7.30. The van der Waals surface area contributed by atoms with Crippen LogP contribution in [0, 0.1) is 0 Å². The van der Waals surface area contributed by atoms with Crippen LogP contribution in [0.1, 0.15) is 134 Å². The van der Waals surface area contributed by atoms with Gasteiger partial charge in [0.2, 0.25) is 0 Å². The summed E-state index contributed by atoms with van der Waals surface area (Å²) < 4.78 is 5.14. The smallest absolute Gasteiger partial charge is 0.234 e. The molecule has 0 saturated carbocycles. The third-order valence-electron chi connectivity index (χ3n) is 7.30. The molecular weight excluding hydrogens is 412 g/mol. The number of aromatic nitrogens is 2. The van der Waals surface area contributed by atoms with Crippen molar-refractivity contribution in [3.8, 4) is 0 Å². The second-order valence-electron chi connectivity index (χ2n) is 10.4. The van der Waals surface area contributed by atoms with Gasteiger partial charge in [-0.2, -0.15) is 0 Å². The van der Waals surface area contributed by atoms with Gasteiger partial charge in [0.05, 0.1) is 13.1 Å². The number of unbranched alkanes of at least 4 members (excludes halogenated alkanes) is 14. The van der Waals surface area contributed by atoms with Crippen molar-refractivity contribution in [2.45, 2.75) is 149 Å². The van der Waals surface area contributed by atoms with Gasteiger partial charge in [0, 0.05) is 6.42 Å². The van der Waals surface area contributed by atoms with Crippen LogP contribution in [-0.2, 0) is 25.9 Å². The lowest BCUT2D eigenvalue weighted by Gasteiger charge is -2.07. The molecule has 0 amide bonds. The van der Waals surface area contributed by atoms with Gasteiger partial charge < -0.3 is 0 Å². The maximum atomic E-state index is 2.58. The van der Waals surface area contributed by atoms with Crippen molar-refractivity contribution in [1.29, 1.82) is 0 Å². The summed E-state index contributed by atoms with van der Waals surface area (Å²) in [5.41, 5.74) is 1.46. The summed E-state index contributed by atoms with van der Waals surface area (Å²) >= 11 is 0. The molecule has 0 unspecified atom stereocenters. The lowest BCUT2D eigenvalue weighted by Crippen LogP contribution is -2.37. The van der Waals surface area contributed by atoms with E-state index in [2.05, 4.69) is 65.7 Å². The Labute approximate surface area is 212 Å². The van der Waals surface area contributed by atoms with Crippen molar-refractivity contribution in [3.05, 3.63) is 54.1 Å². The molecule has 2 rings (SSSR count). The number of hydrogen-bond acceptors (Lipinski definition) is 0. The first-order valence-electron chi connectivity index (χ1n) is 15.0. The molecule has 2 heteroatoms. The molecule has 0 atom stereocenters. The molecule has 0 N–H and O–H groups in total. The van der Waals surface area contributed by atoms with E-state index in [0.717, 1.165) is 6.54 Å². The highest BCUT2D eigenvalue weighted by Gasteiger charge is 2.16. The summed E-state index contributed by atoms with van der Waals surface area (Å²) in [6.45, 7) is 6.95. The van der Waals surface area contributed by atoms with Gasteiger partial charge in [0.25, 0.3) is 5.82 Å². The van der Waals surface area contributed by atoms with E-state index in [1.165, 1.54) is 134 Å². The van der Waals surface area contributed by atoms with E-state index >= 15 is 0 Å². The van der Waals surface area contributed by atoms with E-state index in [1.54, 1.807) is 5.82 Å². The van der Waals surface area contributed by atoms with Gasteiger partial charge in [0.15, 0.2) is 0 Å². The predicted molar refractivity (Wildman–Crippen MR) is 148 cm³/mol. The van der Waals surface area contributed by atoms with Gasteiger partial charge in [0.1, 0.15) is 12.4 Å². The summed E-state index contributed by atoms with van der Waals surface area (Å²) in [7, 11) is 0. The molecule has 2 nitrogen and oxygen atoms in total. The van der Waals surface area contributed by atoms with Crippen LogP contribution in [0.25, 0.3) is 0 Å². The fourth-order valence-corrected chi connectivity index (χ4v) is 5.12. The first-order valence-corrected chi connectivity index (χ1v) is 15.0. The third kappa shape index (κ3) is 12.8. The van der Waals surface area contributed by atoms with E-state index in [9.17, 15) is 0 Å². The molecule has 2 aromatic rings. The Kier molecular flexibility index (Phi) is 16.6. The minimum Gasteiger partial charge on any atom is -0.234 e. The quantitative estimate of drug-likeness (QED) is 0.120. The van der Waals surface area contributed by atoms with E-state index in [-0.39, 0.29) is 0 Å². The minimum atomic E-state index is 1.14. The minimum absolute atomic E-state index is 1.14. The molecule has 0 aliphatic rings. The van der Waals surface area contributed by atoms with Crippen LogP contribution in [0.4, 0.5) is 0 Å². The lowest BCUT2D eigenvalue weighted by molar-refractivity contribution is -0.704. The molecular formula is C32H55N2+. The standard InChI is InChI=1S/C32H55N2/c1-3-5-7-9-10-11-12-13-14-16-21-27-33-29-30-34(32(33)26-20-15-8-6-4-2)28-22-25-31-23-18-17-19-24-31/h17-19,23-24,29-30H,3-16,20-22,25-28H2,1-2H3/q+1. The number of hydrogen-bond donors (Lipinski definition) is 0. The van der Waals surface area contributed by atoms with E-state index < -0.39 is 0 Å². The van der Waals surface area contributed by atoms with Crippen LogP contribution in [0.15, 0.2) is 42.7 Å². The maximum Gasteiger partial charge on any atom is 0.256 e. The summed E-state index contributed by atoms with van der Waals surface area (Å²) in [4.78, 5) is 0. The normalized spacial score (nSPS) is 11.4. The highest BCUT2D eigenvalue weighted by molar-refractivity contribution is 5.14. The number of nitrogens with zero attached hydrogens (tertiary/aromatic N) is 2. The summed E-state index contributed by atoms with van der Waals surface area (Å²) in [6, 6.07) is 11.0. The average molecular weight is 468 g/mol. The SMILES string of the molecule is CCCCCCCCCCCCCn1cc[n+](CCCc2ccccc2)c1CCCCCCC. The number of rotatable bonds is 22. The van der Waals surface area contributed by atoms with Gasteiger partial charge in [-0.05, 0) is 37.7 Å². The van der Waals surface area contributed by atoms with Crippen LogP contribution in [-0.4, -0.2) is 4.57 Å². The number of benzene rings is 1. The van der Waals surface area contributed by atoms with Crippen LogP contribution in [0.2, 0.25) is 0 Å². The Bertz CT molecular complexity index is 703. The predicted octanol–water partition coefficient (Wildman–Crippen LogP) is 9.23. The Hall–Kier alpha value is -1.57. The molecule has 0 fully saturated rings. The van der Waals surface area contributed by atoms with E-state index in [1.807, 2.05) is 0 Å². The highest BCUT2D eigenvalue weighted by Crippen LogP contribution is 2.13. The van der Waals surface area contributed by atoms with Crippen LogP contribution in [0.5, 0.6) is 0 Å². The van der Waals surface area contributed by atoms with Gasteiger partial charge in [-0.3, -0.25) is 0 Å². The molecule has 34 heavy (non-hydrogen) atoms. The fraction of sp³-hybridized carbons (Fsp3) is 0.719. The molecule has 192 valence electrons. The van der Waals surface area contributed by atoms with Crippen molar-refractivity contribution in [2.24, 2.45) is 0 Å². The second-order valence-corrected chi connectivity index (χ2v) is 10.4. The molecule has 0 radical (unpaired) electrons. The number of aryl methyl sites for hydroxylation is 3. The van der Waals surface area contributed by atoms with Crippen LogP contribution < -0.4 is 4.57 Å². The first-order chi connectivity index (χ1) is 16.8. The fourth-order valence-electron chi connectivity index (χ4n) is 5.12. The van der Waals surface area contributed by atoms with Crippen molar-refractivity contribution < 1.29 is 4.57 Å². The van der Waals surface area contributed by atoms with Gasteiger partial charge in [-0.25, -0.2) is 9.13 Å². The summed E-state index contributed by atoms with van der Waals surface area (Å²) in [5.74, 6) is 1.57. The zero-order chi connectivity index (χ0) is 24.1. The van der Waals surface area contributed by atoms with E-state index in [4.69, 9.17) is 0 Å². The topological polar surface area (TPSA) is 8.81 Å². The molecule has 1 aromatic carbocycles. The molecule has 1 heterocycles. The first kappa shape index (κ1) is 28.7. The summed E-state index contributed by atoms with van der Waals surface area (Å²) in [6.07, 6.45) is 30.8. The Morgan fingerprint density at radius 1 is 0.588 bits per heavy atom. The van der Waals surface area contributed by atoms with Crippen LogP contribution in [0.3, 0.4) is 0 Å². The molecule has 0 spiro atoms. The zero-order valence-corrected chi connectivity index (χ0v) is 22.8. The van der Waals surface area contributed by atoms with Crippen molar-refractivity contribution in [2.75, 3.05) is 0 Å². The van der Waals surface area contributed by atoms with E-state index in [0.29, 0.717) is 0 Å². The average Bonchev–Trinajstić information content (AvgIpc) is 3.24. The molecule has 0 aliphatic heterocycles. The maximum absolute atomic E-state index is 2.58. The molecule has 0 bridgehead atoms. The van der Waals surface area contributed by atoms with Gasteiger partial charge >= 0.3 is 0 Å². The Morgan fingerprint density at radius 3 is 1.76 bits per heavy atom. The van der Waals surface area contributed by atoms with Crippen molar-refractivity contribution >= 4 is 0 Å². The van der Waals surface area contributed by atoms with Gasteiger partial charge in [-0.15, -0.1) is 0 Å². The van der Waals surface area contributed by atoms with Crippen molar-refractivity contribution in [3.63, 3.8) is 0 Å². The zero-order valence-electron chi connectivity index (χ0n) is 22.8. The number of imidazole rings is 1. The van der Waals surface area contributed by atoms with Gasteiger partial charge in [-0.1, -0.05) is 128 Å². The monoisotopic (exact) mass is 467 g/mol. The second kappa shape index (κ2) is 19.7. The Morgan fingerprint density at radius 2 is 1.15 bits per heavy atom. The largest absolute Gasteiger partial charge is 0.256 e. The molecule has 0 aliphatic carbocycles. The van der Waals surface area contributed by atoms with Crippen molar-refractivity contribution in [1.82, 2.24) is 4.57 Å². The molecule has 0 saturated heterocycles. The highest BCUT2D eigenvalue weighted by atomic mass is 15.1. The lowest BCUT2D eigenvalue weighted by atomic mass is 10.1.